The van der Waals surface area contributed by atoms with Crippen LogP contribution in [-0.2, 0) is 24.2 Å². The predicted molar refractivity (Wildman–Crippen MR) is 140 cm³/mol. The summed E-state index contributed by atoms with van der Waals surface area (Å²) in [5.41, 5.74) is 2.93. The molecule has 34 heavy (non-hydrogen) atoms. The third kappa shape index (κ3) is 4.40. The lowest BCUT2D eigenvalue weighted by Crippen LogP contribution is -2.34. The molecule has 0 spiro atoms. The molecule has 1 aliphatic rings. The topological polar surface area (TPSA) is 53.4 Å². The molecule has 5 nitrogen and oxygen atoms in total. The molecule has 0 saturated carbocycles. The quantitative estimate of drug-likeness (QED) is 0.233. The Labute approximate surface area is 207 Å². The molecule has 0 bridgehead atoms. The summed E-state index contributed by atoms with van der Waals surface area (Å²) in [4.78, 5) is 21.0. The molecule has 0 N–H and O–H groups in total. The van der Waals surface area contributed by atoms with Gasteiger partial charge < -0.3 is 9.47 Å². The van der Waals surface area contributed by atoms with Gasteiger partial charge in [-0.1, -0.05) is 49.0 Å². The van der Waals surface area contributed by atoms with Crippen LogP contribution in [0.1, 0.15) is 36.3 Å². The number of thioether (sulfide) groups is 1. The molecule has 3 heterocycles. The number of ether oxygens (including phenoxy) is 2. The number of aromatic nitrogens is 2. The summed E-state index contributed by atoms with van der Waals surface area (Å²) in [6.07, 6.45) is 2.54. The zero-order valence-electron chi connectivity index (χ0n) is 19.7. The lowest BCUT2D eigenvalue weighted by molar-refractivity contribution is -0.0543. The summed E-state index contributed by atoms with van der Waals surface area (Å²) >= 11 is 3.22. The molecular weight excluding hydrogens is 464 g/mol. The van der Waals surface area contributed by atoms with Crippen LogP contribution in [0.25, 0.3) is 15.9 Å². The zero-order chi connectivity index (χ0) is 23.7. The number of hydrogen-bond donors (Lipinski definition) is 0. The highest BCUT2D eigenvalue weighted by atomic mass is 32.2. The van der Waals surface area contributed by atoms with Crippen molar-refractivity contribution < 1.29 is 9.47 Å². The molecular formula is C27H28N2O3S2. The highest BCUT2D eigenvalue weighted by Gasteiger charge is 2.33. The van der Waals surface area contributed by atoms with Gasteiger partial charge in [0, 0.05) is 17.1 Å². The van der Waals surface area contributed by atoms with Gasteiger partial charge in [-0.05, 0) is 55.2 Å². The Balaban J connectivity index is 1.60. The molecule has 0 fully saturated rings. The maximum absolute atomic E-state index is 14.0. The Bertz CT molecular complexity index is 1360. The molecule has 1 aliphatic heterocycles. The average molecular weight is 493 g/mol. The van der Waals surface area contributed by atoms with E-state index in [0.717, 1.165) is 62.3 Å². The number of rotatable bonds is 7. The molecule has 0 amide bonds. The van der Waals surface area contributed by atoms with E-state index in [1.54, 1.807) is 34.8 Å². The van der Waals surface area contributed by atoms with E-state index < -0.39 is 0 Å². The van der Waals surface area contributed by atoms with Gasteiger partial charge >= 0.3 is 0 Å². The number of nitrogens with zero attached hydrogens (tertiary/aromatic N) is 2. The van der Waals surface area contributed by atoms with Crippen molar-refractivity contribution in [3.63, 3.8) is 0 Å². The fourth-order valence-electron chi connectivity index (χ4n) is 4.29. The van der Waals surface area contributed by atoms with E-state index in [0.29, 0.717) is 6.61 Å². The molecule has 4 aromatic rings. The van der Waals surface area contributed by atoms with E-state index in [2.05, 4.69) is 38.1 Å². The summed E-state index contributed by atoms with van der Waals surface area (Å²) in [6, 6.07) is 18.0. The molecule has 2 aromatic carbocycles. The Morgan fingerprint density at radius 3 is 2.65 bits per heavy atom. The first-order valence-electron chi connectivity index (χ1n) is 11.5. The van der Waals surface area contributed by atoms with Crippen molar-refractivity contribution in [2.75, 3.05) is 12.9 Å². The second-order valence-electron chi connectivity index (χ2n) is 8.77. The third-order valence-electron chi connectivity index (χ3n) is 6.52. The van der Waals surface area contributed by atoms with Crippen LogP contribution in [0.15, 0.2) is 64.5 Å². The molecule has 1 atom stereocenters. The fraction of sp³-hybridized carbons (Fsp3) is 0.333. The second-order valence-corrected chi connectivity index (χ2v) is 10.9. The summed E-state index contributed by atoms with van der Waals surface area (Å²) < 4.78 is 13.2. The van der Waals surface area contributed by atoms with Crippen LogP contribution in [0, 0.1) is 0 Å². The first-order valence-corrected chi connectivity index (χ1v) is 13.3. The minimum Gasteiger partial charge on any atom is -0.497 e. The largest absolute Gasteiger partial charge is 0.497 e. The highest BCUT2D eigenvalue weighted by molar-refractivity contribution is 7.99. The number of hydrogen-bond acceptors (Lipinski definition) is 6. The van der Waals surface area contributed by atoms with Gasteiger partial charge in [-0.3, -0.25) is 9.36 Å². The smallest absolute Gasteiger partial charge is 0.267 e. The van der Waals surface area contributed by atoms with E-state index >= 15 is 0 Å². The van der Waals surface area contributed by atoms with Gasteiger partial charge in [0.05, 0.1) is 30.4 Å². The SMILES string of the molecule is CC[C@]1(C)Cc2c(sc3nc(SCCc4ccccc4)n(-c4ccc(OC)cc4)c(=O)c23)CO1. The van der Waals surface area contributed by atoms with Gasteiger partial charge in [0.25, 0.3) is 5.56 Å². The maximum atomic E-state index is 14.0. The van der Waals surface area contributed by atoms with Gasteiger partial charge in [0.1, 0.15) is 10.6 Å². The van der Waals surface area contributed by atoms with Crippen LogP contribution in [0.3, 0.4) is 0 Å². The van der Waals surface area contributed by atoms with Crippen molar-refractivity contribution in [1.82, 2.24) is 9.55 Å². The van der Waals surface area contributed by atoms with E-state index in [4.69, 9.17) is 14.5 Å². The van der Waals surface area contributed by atoms with Crippen molar-refractivity contribution in [1.29, 1.82) is 0 Å². The van der Waals surface area contributed by atoms with Gasteiger partial charge in [-0.25, -0.2) is 4.98 Å². The van der Waals surface area contributed by atoms with Crippen LogP contribution in [0.5, 0.6) is 5.75 Å². The molecule has 5 rings (SSSR count). The van der Waals surface area contributed by atoms with E-state index in [1.165, 1.54) is 5.56 Å². The van der Waals surface area contributed by atoms with Crippen LogP contribution in [0.2, 0.25) is 0 Å². The number of aryl methyl sites for hydroxylation is 1. The third-order valence-corrected chi connectivity index (χ3v) is 8.56. The summed E-state index contributed by atoms with van der Waals surface area (Å²) in [7, 11) is 1.64. The fourth-order valence-corrected chi connectivity index (χ4v) is 6.43. The van der Waals surface area contributed by atoms with Gasteiger partial charge in [0.2, 0.25) is 0 Å². The van der Waals surface area contributed by atoms with Gasteiger partial charge in [0.15, 0.2) is 5.16 Å². The van der Waals surface area contributed by atoms with Crippen molar-refractivity contribution in [3.8, 4) is 11.4 Å². The number of thiophene rings is 1. The van der Waals surface area contributed by atoms with Crippen molar-refractivity contribution in [2.24, 2.45) is 0 Å². The average Bonchev–Trinajstić information content (AvgIpc) is 3.22. The number of methoxy groups -OCH3 is 1. The van der Waals surface area contributed by atoms with Gasteiger partial charge in [-0.2, -0.15) is 0 Å². The highest BCUT2D eigenvalue weighted by Crippen LogP contribution is 2.39. The van der Waals surface area contributed by atoms with Gasteiger partial charge in [-0.15, -0.1) is 11.3 Å². The van der Waals surface area contributed by atoms with Crippen molar-refractivity contribution in [3.05, 3.63) is 81.0 Å². The number of fused-ring (bicyclic) bond motifs is 3. The van der Waals surface area contributed by atoms with Crippen LogP contribution < -0.4 is 10.3 Å². The summed E-state index contributed by atoms with van der Waals surface area (Å²) in [5.74, 6) is 1.59. The van der Waals surface area contributed by atoms with Crippen molar-refractivity contribution >= 4 is 33.3 Å². The van der Waals surface area contributed by atoms with E-state index in [9.17, 15) is 4.79 Å². The minimum absolute atomic E-state index is 0.00442. The van der Waals surface area contributed by atoms with Crippen LogP contribution in [-0.4, -0.2) is 28.0 Å². The lowest BCUT2D eigenvalue weighted by Gasteiger charge is -2.32. The van der Waals surface area contributed by atoms with Crippen LogP contribution in [0.4, 0.5) is 0 Å². The van der Waals surface area contributed by atoms with Crippen molar-refractivity contribution in [2.45, 2.75) is 50.5 Å². The van der Waals surface area contributed by atoms with E-state index in [-0.39, 0.29) is 11.2 Å². The number of benzene rings is 2. The lowest BCUT2D eigenvalue weighted by atomic mass is 9.90. The minimum atomic E-state index is -0.249. The first kappa shape index (κ1) is 23.1. The Morgan fingerprint density at radius 1 is 1.18 bits per heavy atom. The first-order chi connectivity index (χ1) is 16.5. The monoisotopic (exact) mass is 492 g/mol. The van der Waals surface area contributed by atoms with Crippen LogP contribution >= 0.6 is 23.1 Å². The summed E-state index contributed by atoms with van der Waals surface area (Å²) in [5, 5.41) is 1.46. The second kappa shape index (κ2) is 9.56. The standard InChI is InChI=1S/C27H28N2O3S2/c1-4-27(2)16-21-22(17-32-27)34-24-23(21)25(30)29(19-10-12-20(31-3)13-11-19)26(28-24)33-15-14-18-8-6-5-7-9-18/h5-13H,4,14-17H2,1-3H3/t27-/m1/s1. The predicted octanol–water partition coefficient (Wildman–Crippen LogP) is 6.03. The normalized spacial score (nSPS) is 17.6. The molecule has 0 saturated heterocycles. The zero-order valence-corrected chi connectivity index (χ0v) is 21.3. The Morgan fingerprint density at radius 2 is 1.94 bits per heavy atom. The molecule has 176 valence electrons. The molecule has 0 unspecified atom stereocenters. The van der Waals surface area contributed by atoms with E-state index in [1.807, 2.05) is 30.3 Å². The molecule has 7 heteroatoms. The molecule has 0 aliphatic carbocycles. The Hall–Kier alpha value is -2.61. The maximum Gasteiger partial charge on any atom is 0.267 e. The molecule has 0 radical (unpaired) electrons. The molecule has 2 aromatic heterocycles. The summed E-state index contributed by atoms with van der Waals surface area (Å²) in [6.45, 7) is 4.80. The Kier molecular flexibility index (Phi) is 6.51.